The number of hydrogen-bond acceptors (Lipinski definition) is 3. The number of rotatable bonds is 4. The maximum atomic E-state index is 13.1. The predicted molar refractivity (Wildman–Crippen MR) is 71.9 cm³/mol. The van der Waals surface area contributed by atoms with E-state index in [-0.39, 0.29) is 17.5 Å². The third-order valence-electron chi connectivity index (χ3n) is 3.68. The monoisotopic (exact) mass is 280 g/mol. The highest BCUT2D eigenvalue weighted by molar-refractivity contribution is 5.98. The van der Waals surface area contributed by atoms with E-state index in [2.05, 4.69) is 5.32 Å². The largest absolute Gasteiger partial charge is 0.481 e. The second kappa shape index (κ2) is 5.90. The van der Waals surface area contributed by atoms with E-state index in [9.17, 15) is 14.0 Å². The number of amides is 1. The Kier molecular flexibility index (Phi) is 4.22. The topological polar surface area (TPSA) is 92.4 Å². The standard InChI is InChI=1S/C14H17FN2O3/c15-9-3-6-12(11(7-9)13(16)18)17-10-4-1-8(2-5-10)14(19)20/h3,6-8,10,17H,1-2,4-5H2,(H2,16,18)(H,19,20). The highest BCUT2D eigenvalue weighted by atomic mass is 19.1. The molecule has 0 bridgehead atoms. The van der Waals surface area contributed by atoms with Crippen LogP contribution < -0.4 is 11.1 Å². The van der Waals surface area contributed by atoms with Gasteiger partial charge in [0.2, 0.25) is 0 Å². The molecule has 1 aromatic carbocycles. The first kappa shape index (κ1) is 14.3. The maximum Gasteiger partial charge on any atom is 0.306 e. The van der Waals surface area contributed by atoms with Gasteiger partial charge in [-0.2, -0.15) is 0 Å². The molecule has 0 spiro atoms. The minimum absolute atomic E-state index is 0.0779. The molecule has 1 aromatic rings. The van der Waals surface area contributed by atoms with Crippen LogP contribution in [0.15, 0.2) is 18.2 Å². The zero-order chi connectivity index (χ0) is 14.7. The molecule has 0 aliphatic heterocycles. The van der Waals surface area contributed by atoms with E-state index < -0.39 is 17.7 Å². The number of nitrogens with one attached hydrogen (secondary N) is 1. The summed E-state index contributed by atoms with van der Waals surface area (Å²) in [7, 11) is 0. The number of aliphatic carboxylic acids is 1. The molecule has 0 saturated heterocycles. The molecule has 1 saturated carbocycles. The van der Waals surface area contributed by atoms with Crippen LogP contribution in [0.3, 0.4) is 0 Å². The summed E-state index contributed by atoms with van der Waals surface area (Å²) in [6, 6.07) is 3.93. The minimum Gasteiger partial charge on any atom is -0.481 e. The van der Waals surface area contributed by atoms with Crippen LogP contribution in [0, 0.1) is 11.7 Å². The Morgan fingerprint density at radius 3 is 2.45 bits per heavy atom. The summed E-state index contributed by atoms with van der Waals surface area (Å²) in [6.07, 6.45) is 2.60. The first-order chi connectivity index (χ1) is 9.47. The molecule has 2 rings (SSSR count). The summed E-state index contributed by atoms with van der Waals surface area (Å²) < 4.78 is 13.1. The van der Waals surface area contributed by atoms with Gasteiger partial charge in [-0.15, -0.1) is 0 Å². The highest BCUT2D eigenvalue weighted by Gasteiger charge is 2.26. The van der Waals surface area contributed by atoms with E-state index in [1.165, 1.54) is 12.1 Å². The smallest absolute Gasteiger partial charge is 0.306 e. The van der Waals surface area contributed by atoms with Gasteiger partial charge < -0.3 is 16.2 Å². The Labute approximate surface area is 116 Å². The fourth-order valence-corrected chi connectivity index (χ4v) is 2.55. The summed E-state index contributed by atoms with van der Waals surface area (Å²) in [5.74, 6) is -2.26. The predicted octanol–water partition coefficient (Wildman–Crippen LogP) is 1.98. The molecular weight excluding hydrogens is 263 g/mol. The summed E-state index contributed by atoms with van der Waals surface area (Å²) in [4.78, 5) is 22.2. The summed E-state index contributed by atoms with van der Waals surface area (Å²) in [5, 5.41) is 12.1. The number of carboxylic acid groups (broad SMARTS) is 1. The molecule has 108 valence electrons. The Balaban J connectivity index is 2.04. The van der Waals surface area contributed by atoms with E-state index in [1.54, 1.807) is 0 Å². The number of benzene rings is 1. The van der Waals surface area contributed by atoms with Crippen molar-refractivity contribution in [3.05, 3.63) is 29.6 Å². The lowest BCUT2D eigenvalue weighted by atomic mass is 9.86. The van der Waals surface area contributed by atoms with Gasteiger partial charge in [-0.3, -0.25) is 9.59 Å². The van der Waals surface area contributed by atoms with Gasteiger partial charge in [0.05, 0.1) is 11.5 Å². The highest BCUT2D eigenvalue weighted by Crippen LogP contribution is 2.28. The lowest BCUT2D eigenvalue weighted by molar-refractivity contribution is -0.142. The zero-order valence-corrected chi connectivity index (χ0v) is 10.9. The van der Waals surface area contributed by atoms with E-state index in [0.717, 1.165) is 6.07 Å². The molecule has 0 atom stereocenters. The van der Waals surface area contributed by atoms with Crippen molar-refractivity contribution in [2.24, 2.45) is 11.7 Å². The Hall–Kier alpha value is -2.11. The Bertz CT molecular complexity index is 525. The van der Waals surface area contributed by atoms with Gasteiger partial charge in [-0.05, 0) is 43.9 Å². The van der Waals surface area contributed by atoms with Crippen LogP contribution in [-0.2, 0) is 4.79 Å². The van der Waals surface area contributed by atoms with Gasteiger partial charge in [0.25, 0.3) is 5.91 Å². The second-order valence-electron chi connectivity index (χ2n) is 5.09. The van der Waals surface area contributed by atoms with Crippen LogP contribution in [-0.4, -0.2) is 23.0 Å². The summed E-state index contributed by atoms with van der Waals surface area (Å²) in [6.45, 7) is 0. The third kappa shape index (κ3) is 3.26. The number of anilines is 1. The fourth-order valence-electron chi connectivity index (χ4n) is 2.55. The van der Waals surface area contributed by atoms with Crippen LogP contribution in [0.25, 0.3) is 0 Å². The van der Waals surface area contributed by atoms with Crippen molar-refractivity contribution in [3.63, 3.8) is 0 Å². The fraction of sp³-hybridized carbons (Fsp3) is 0.429. The lowest BCUT2D eigenvalue weighted by Gasteiger charge is -2.28. The number of halogens is 1. The first-order valence-electron chi connectivity index (χ1n) is 6.56. The number of hydrogen-bond donors (Lipinski definition) is 3. The van der Waals surface area contributed by atoms with Gasteiger partial charge in [0.15, 0.2) is 0 Å². The van der Waals surface area contributed by atoms with E-state index in [1.807, 2.05) is 0 Å². The van der Waals surface area contributed by atoms with Crippen molar-refractivity contribution in [2.45, 2.75) is 31.7 Å². The molecule has 20 heavy (non-hydrogen) atoms. The molecule has 1 aliphatic rings. The van der Waals surface area contributed by atoms with E-state index in [4.69, 9.17) is 10.8 Å². The Morgan fingerprint density at radius 2 is 1.90 bits per heavy atom. The van der Waals surface area contributed by atoms with Gasteiger partial charge in [-0.1, -0.05) is 0 Å². The van der Waals surface area contributed by atoms with E-state index in [0.29, 0.717) is 31.4 Å². The zero-order valence-electron chi connectivity index (χ0n) is 10.9. The molecule has 0 radical (unpaired) electrons. The van der Waals surface area contributed by atoms with Gasteiger partial charge in [0.1, 0.15) is 5.82 Å². The van der Waals surface area contributed by atoms with Crippen molar-refractivity contribution in [1.29, 1.82) is 0 Å². The average Bonchev–Trinajstić information content (AvgIpc) is 2.41. The Morgan fingerprint density at radius 1 is 1.25 bits per heavy atom. The molecule has 6 heteroatoms. The van der Waals surface area contributed by atoms with Gasteiger partial charge in [0, 0.05) is 11.7 Å². The van der Waals surface area contributed by atoms with Crippen LogP contribution >= 0.6 is 0 Å². The number of carboxylic acids is 1. The molecule has 5 nitrogen and oxygen atoms in total. The lowest BCUT2D eigenvalue weighted by Crippen LogP contribution is -2.30. The molecular formula is C14H17FN2O3. The van der Waals surface area contributed by atoms with Crippen LogP contribution in [0.4, 0.5) is 10.1 Å². The molecule has 1 fully saturated rings. The third-order valence-corrected chi connectivity index (χ3v) is 3.68. The molecule has 0 unspecified atom stereocenters. The summed E-state index contributed by atoms with van der Waals surface area (Å²) >= 11 is 0. The van der Waals surface area contributed by atoms with Crippen LogP contribution in [0.1, 0.15) is 36.0 Å². The maximum absolute atomic E-state index is 13.1. The molecule has 1 aliphatic carbocycles. The first-order valence-corrected chi connectivity index (χ1v) is 6.56. The second-order valence-corrected chi connectivity index (χ2v) is 5.09. The van der Waals surface area contributed by atoms with Gasteiger partial charge >= 0.3 is 5.97 Å². The van der Waals surface area contributed by atoms with Crippen molar-refractivity contribution < 1.29 is 19.1 Å². The molecule has 4 N–H and O–H groups in total. The van der Waals surface area contributed by atoms with Crippen molar-refractivity contribution >= 4 is 17.6 Å². The number of primary amides is 1. The van der Waals surface area contributed by atoms with Gasteiger partial charge in [-0.25, -0.2) is 4.39 Å². The molecule has 1 amide bonds. The molecule has 0 heterocycles. The minimum atomic E-state index is -0.761. The number of nitrogens with two attached hydrogens (primary N) is 1. The average molecular weight is 280 g/mol. The molecule has 0 aromatic heterocycles. The van der Waals surface area contributed by atoms with Crippen LogP contribution in [0.2, 0.25) is 0 Å². The quantitative estimate of drug-likeness (QED) is 0.786. The number of carbonyl (C=O) groups is 2. The van der Waals surface area contributed by atoms with Crippen LogP contribution in [0.5, 0.6) is 0 Å². The van der Waals surface area contributed by atoms with Crippen molar-refractivity contribution in [2.75, 3.05) is 5.32 Å². The normalized spacial score (nSPS) is 22.2. The van der Waals surface area contributed by atoms with Crippen molar-refractivity contribution in [3.8, 4) is 0 Å². The number of carbonyl (C=O) groups excluding carboxylic acids is 1. The van der Waals surface area contributed by atoms with E-state index >= 15 is 0 Å². The summed E-state index contributed by atoms with van der Waals surface area (Å²) in [5.41, 5.74) is 5.84. The van der Waals surface area contributed by atoms with Crippen molar-refractivity contribution in [1.82, 2.24) is 0 Å². The SMILES string of the molecule is NC(=O)c1cc(F)ccc1NC1CCC(C(=O)O)CC1.